The van der Waals surface area contributed by atoms with Crippen molar-refractivity contribution in [1.29, 1.82) is 0 Å². The van der Waals surface area contributed by atoms with Crippen LogP contribution in [0, 0.1) is 5.92 Å². The van der Waals surface area contributed by atoms with E-state index in [1.54, 1.807) is 6.26 Å². The second-order valence-electron chi connectivity index (χ2n) is 6.49. The largest absolute Gasteiger partial charge is 0.467 e. The van der Waals surface area contributed by atoms with Crippen LogP contribution in [0.5, 0.6) is 0 Å². The monoisotopic (exact) mass is 293 g/mol. The Morgan fingerprint density at radius 2 is 2.24 bits per heavy atom. The van der Waals surface area contributed by atoms with Crippen LogP contribution in [0.25, 0.3) is 0 Å². The number of hydrogen-bond acceptors (Lipinski definition) is 4. The van der Waals surface area contributed by atoms with E-state index >= 15 is 0 Å². The van der Waals surface area contributed by atoms with Crippen molar-refractivity contribution in [2.24, 2.45) is 5.92 Å². The van der Waals surface area contributed by atoms with Gasteiger partial charge in [-0.15, -0.1) is 0 Å². The quantitative estimate of drug-likeness (QED) is 0.906. The molecule has 4 heteroatoms. The molecule has 0 unspecified atom stereocenters. The lowest BCUT2D eigenvalue weighted by Crippen LogP contribution is -2.39. The summed E-state index contributed by atoms with van der Waals surface area (Å²) in [6.07, 6.45) is 8.17. The molecule has 2 saturated heterocycles. The van der Waals surface area contributed by atoms with Crippen molar-refractivity contribution < 1.29 is 14.3 Å². The zero-order chi connectivity index (χ0) is 14.5. The van der Waals surface area contributed by atoms with Crippen LogP contribution in [0.1, 0.15) is 50.4 Å². The summed E-state index contributed by atoms with van der Waals surface area (Å²) < 4.78 is 10.9. The van der Waals surface area contributed by atoms with Gasteiger partial charge >= 0.3 is 0 Å². The third-order valence-electron chi connectivity index (χ3n) is 4.88. The lowest BCUT2D eigenvalue weighted by molar-refractivity contribution is 0.0764. The minimum absolute atomic E-state index is 0.466. The number of nitrogens with zero attached hydrogens (tertiary/aromatic N) is 1. The first-order valence-electron chi connectivity index (χ1n) is 8.36. The van der Waals surface area contributed by atoms with Crippen LogP contribution in [0.3, 0.4) is 0 Å². The molecule has 0 amide bonds. The Morgan fingerprint density at radius 3 is 3.00 bits per heavy atom. The number of rotatable bonds is 5. The molecule has 3 heterocycles. The third kappa shape index (κ3) is 4.09. The molecule has 2 fully saturated rings. The molecule has 0 radical (unpaired) electrons. The lowest BCUT2D eigenvalue weighted by atomic mass is 10.00. The van der Waals surface area contributed by atoms with E-state index in [1.807, 2.05) is 12.1 Å². The molecule has 4 nitrogen and oxygen atoms in total. The molecule has 1 aromatic heterocycles. The van der Waals surface area contributed by atoms with Crippen LogP contribution in [0.4, 0.5) is 0 Å². The normalized spacial score (nSPS) is 29.4. The van der Waals surface area contributed by atoms with Crippen molar-refractivity contribution in [3.63, 3.8) is 0 Å². The van der Waals surface area contributed by atoms with Gasteiger partial charge in [-0.25, -0.2) is 0 Å². The van der Waals surface area contributed by atoms with E-state index in [1.165, 1.54) is 32.1 Å². The summed E-state index contributed by atoms with van der Waals surface area (Å²) in [5.41, 5.74) is 0. The van der Waals surface area contributed by atoms with Gasteiger partial charge in [-0.05, 0) is 50.3 Å². The van der Waals surface area contributed by atoms with Crippen LogP contribution >= 0.6 is 0 Å². The smallest absolute Gasteiger partial charge is 0.132 e. The number of likely N-dealkylation sites (tertiary alicyclic amines) is 1. The SMILES string of the molecule is O[C@H](C[C@H]1CCCCCN1C[C@@H]1CCOC1)c1ccco1. The number of ether oxygens (including phenoxy) is 1. The molecule has 118 valence electrons. The third-order valence-corrected chi connectivity index (χ3v) is 4.88. The fourth-order valence-corrected chi connectivity index (χ4v) is 3.66. The first-order valence-corrected chi connectivity index (χ1v) is 8.36. The van der Waals surface area contributed by atoms with E-state index in [0.717, 1.165) is 32.7 Å². The molecule has 0 saturated carbocycles. The molecule has 1 aromatic rings. The highest BCUT2D eigenvalue weighted by Gasteiger charge is 2.28. The van der Waals surface area contributed by atoms with Crippen molar-refractivity contribution in [3.05, 3.63) is 24.2 Å². The van der Waals surface area contributed by atoms with E-state index < -0.39 is 6.10 Å². The lowest BCUT2D eigenvalue weighted by Gasteiger charge is -2.32. The summed E-state index contributed by atoms with van der Waals surface area (Å²) in [6, 6.07) is 4.18. The maximum atomic E-state index is 10.4. The van der Waals surface area contributed by atoms with Crippen LogP contribution in [0.2, 0.25) is 0 Å². The number of aliphatic hydroxyl groups excluding tert-OH is 1. The van der Waals surface area contributed by atoms with Crippen LogP contribution < -0.4 is 0 Å². The molecular weight excluding hydrogens is 266 g/mol. The fourth-order valence-electron chi connectivity index (χ4n) is 3.66. The van der Waals surface area contributed by atoms with Crippen molar-refractivity contribution >= 4 is 0 Å². The van der Waals surface area contributed by atoms with Gasteiger partial charge in [0.1, 0.15) is 11.9 Å². The van der Waals surface area contributed by atoms with Gasteiger partial charge in [0.15, 0.2) is 0 Å². The Balaban J connectivity index is 1.60. The predicted molar refractivity (Wildman–Crippen MR) is 81.0 cm³/mol. The second kappa shape index (κ2) is 7.43. The maximum Gasteiger partial charge on any atom is 0.132 e. The van der Waals surface area contributed by atoms with Gasteiger partial charge in [-0.1, -0.05) is 12.8 Å². The van der Waals surface area contributed by atoms with Gasteiger partial charge in [0.05, 0.1) is 12.9 Å². The van der Waals surface area contributed by atoms with Crippen LogP contribution in [-0.4, -0.2) is 42.4 Å². The highest BCUT2D eigenvalue weighted by atomic mass is 16.5. The first-order chi connectivity index (χ1) is 10.3. The molecule has 21 heavy (non-hydrogen) atoms. The molecule has 1 N–H and O–H groups in total. The Bertz CT molecular complexity index is 400. The molecule has 0 bridgehead atoms. The topological polar surface area (TPSA) is 45.8 Å². The second-order valence-corrected chi connectivity index (χ2v) is 6.49. The maximum absolute atomic E-state index is 10.4. The predicted octanol–water partition coefficient (Wildman–Crippen LogP) is 2.98. The molecule has 3 atom stereocenters. The molecular formula is C17H27NO3. The highest BCUT2D eigenvalue weighted by Crippen LogP contribution is 2.28. The van der Waals surface area contributed by atoms with Gasteiger partial charge in [0.2, 0.25) is 0 Å². The van der Waals surface area contributed by atoms with Gasteiger partial charge < -0.3 is 14.3 Å². The standard InChI is InChI=1S/C17H27NO3/c19-16(17-6-4-9-21-17)11-15-5-2-1-3-8-18(15)12-14-7-10-20-13-14/h4,6,9,14-16,19H,1-3,5,7-8,10-13H2/t14-,15+,16+/m0/s1. The fraction of sp³-hybridized carbons (Fsp3) is 0.765. The first kappa shape index (κ1) is 15.1. The van der Waals surface area contributed by atoms with Gasteiger partial charge in [0, 0.05) is 19.2 Å². The minimum Gasteiger partial charge on any atom is -0.467 e. The molecule has 0 aliphatic carbocycles. The zero-order valence-electron chi connectivity index (χ0n) is 12.7. The highest BCUT2D eigenvalue weighted by molar-refractivity contribution is 5.02. The Labute approximate surface area is 127 Å². The van der Waals surface area contributed by atoms with Gasteiger partial charge in [0.25, 0.3) is 0 Å². The summed E-state index contributed by atoms with van der Waals surface area (Å²) in [6.45, 7) is 4.10. The molecule has 2 aliphatic rings. The van der Waals surface area contributed by atoms with Crippen molar-refractivity contribution in [3.8, 4) is 0 Å². The van der Waals surface area contributed by atoms with Crippen molar-refractivity contribution in [2.45, 2.75) is 50.7 Å². The van der Waals surface area contributed by atoms with Crippen molar-refractivity contribution in [2.75, 3.05) is 26.3 Å². The Morgan fingerprint density at radius 1 is 1.29 bits per heavy atom. The van der Waals surface area contributed by atoms with E-state index in [9.17, 15) is 5.11 Å². The van der Waals surface area contributed by atoms with Gasteiger partial charge in [-0.3, -0.25) is 4.90 Å². The summed E-state index contributed by atoms with van der Waals surface area (Å²) in [7, 11) is 0. The van der Waals surface area contributed by atoms with Gasteiger partial charge in [-0.2, -0.15) is 0 Å². The average molecular weight is 293 g/mol. The number of hydrogen-bond donors (Lipinski definition) is 1. The molecule has 3 rings (SSSR count). The summed E-state index contributed by atoms with van der Waals surface area (Å²) >= 11 is 0. The summed E-state index contributed by atoms with van der Waals surface area (Å²) in [5.74, 6) is 1.37. The summed E-state index contributed by atoms with van der Waals surface area (Å²) in [4.78, 5) is 2.60. The van der Waals surface area contributed by atoms with E-state index in [2.05, 4.69) is 4.90 Å². The van der Waals surface area contributed by atoms with Crippen LogP contribution in [0.15, 0.2) is 22.8 Å². The van der Waals surface area contributed by atoms with E-state index in [4.69, 9.17) is 9.15 Å². The minimum atomic E-state index is -0.481. The Hall–Kier alpha value is -0.840. The Kier molecular flexibility index (Phi) is 5.33. The molecule has 0 spiro atoms. The zero-order valence-corrected chi connectivity index (χ0v) is 12.7. The van der Waals surface area contributed by atoms with E-state index in [0.29, 0.717) is 17.7 Å². The van der Waals surface area contributed by atoms with E-state index in [-0.39, 0.29) is 0 Å². The summed E-state index contributed by atoms with van der Waals surface area (Å²) in [5, 5.41) is 10.4. The van der Waals surface area contributed by atoms with Crippen molar-refractivity contribution in [1.82, 2.24) is 4.90 Å². The average Bonchev–Trinajstić information content (AvgIpc) is 3.14. The van der Waals surface area contributed by atoms with Crippen LogP contribution in [-0.2, 0) is 4.74 Å². The molecule has 2 aliphatic heterocycles. The number of aliphatic hydroxyl groups is 1. The number of furan rings is 1. The molecule has 0 aromatic carbocycles.